The minimum atomic E-state index is 0.243. The number of aliphatic hydroxyl groups is 1. The third-order valence-electron chi connectivity index (χ3n) is 6.08. The summed E-state index contributed by atoms with van der Waals surface area (Å²) in [4.78, 5) is 14.4. The summed E-state index contributed by atoms with van der Waals surface area (Å²) in [6.45, 7) is 8.80. The van der Waals surface area contributed by atoms with Gasteiger partial charge in [0.25, 0.3) is 0 Å². The second-order valence-electron chi connectivity index (χ2n) is 7.88. The molecule has 6 heteroatoms. The van der Waals surface area contributed by atoms with Gasteiger partial charge in [0, 0.05) is 62.6 Å². The van der Waals surface area contributed by atoms with Crippen molar-refractivity contribution in [2.45, 2.75) is 32.1 Å². The van der Waals surface area contributed by atoms with Gasteiger partial charge < -0.3 is 14.7 Å². The lowest BCUT2D eigenvalue weighted by molar-refractivity contribution is 0.0268. The number of hydrogen-bond acceptors (Lipinski definition) is 6. The van der Waals surface area contributed by atoms with Gasteiger partial charge in [-0.3, -0.25) is 4.90 Å². The van der Waals surface area contributed by atoms with Gasteiger partial charge in [0.1, 0.15) is 0 Å². The van der Waals surface area contributed by atoms with E-state index in [2.05, 4.69) is 22.8 Å². The molecule has 4 rings (SSSR count). The van der Waals surface area contributed by atoms with E-state index in [0.29, 0.717) is 17.8 Å². The summed E-state index contributed by atoms with van der Waals surface area (Å²) in [6.07, 6.45) is 3.84. The number of morpholine rings is 1. The van der Waals surface area contributed by atoms with E-state index in [1.165, 1.54) is 25.0 Å². The molecule has 1 aromatic rings. The zero-order chi connectivity index (χ0) is 17.2. The van der Waals surface area contributed by atoms with Crippen LogP contribution in [0.25, 0.3) is 0 Å². The fraction of sp³-hybridized carbons (Fsp3) is 0.789. The number of aliphatic hydroxyl groups excluding tert-OH is 1. The Morgan fingerprint density at radius 1 is 1.16 bits per heavy atom. The van der Waals surface area contributed by atoms with Gasteiger partial charge >= 0.3 is 0 Å². The fourth-order valence-corrected chi connectivity index (χ4v) is 4.26. The summed E-state index contributed by atoms with van der Waals surface area (Å²) < 4.78 is 5.45. The van der Waals surface area contributed by atoms with Crippen LogP contribution in [-0.4, -0.2) is 72.5 Å². The van der Waals surface area contributed by atoms with Crippen molar-refractivity contribution in [2.24, 2.45) is 11.8 Å². The molecular formula is C19H30N4O2. The first-order valence-electron chi connectivity index (χ1n) is 9.74. The van der Waals surface area contributed by atoms with Crippen LogP contribution in [-0.2, 0) is 4.74 Å². The maximum atomic E-state index is 9.86. The highest BCUT2D eigenvalue weighted by Crippen LogP contribution is 2.36. The van der Waals surface area contributed by atoms with Crippen LogP contribution < -0.4 is 4.90 Å². The highest BCUT2D eigenvalue weighted by atomic mass is 16.5. The van der Waals surface area contributed by atoms with Crippen LogP contribution in [0.2, 0.25) is 0 Å². The first-order chi connectivity index (χ1) is 12.2. The van der Waals surface area contributed by atoms with E-state index in [1.54, 1.807) is 0 Å². The average Bonchev–Trinajstić information content (AvgIpc) is 2.97. The molecule has 0 bridgehead atoms. The Morgan fingerprint density at radius 3 is 2.60 bits per heavy atom. The molecule has 1 aromatic heterocycles. The molecule has 2 aliphatic heterocycles. The van der Waals surface area contributed by atoms with Crippen molar-refractivity contribution in [1.29, 1.82) is 0 Å². The van der Waals surface area contributed by atoms with Crippen LogP contribution in [0.15, 0.2) is 6.07 Å². The van der Waals surface area contributed by atoms with E-state index < -0.39 is 0 Å². The predicted octanol–water partition coefficient (Wildman–Crippen LogP) is 1.43. The van der Waals surface area contributed by atoms with E-state index in [9.17, 15) is 5.11 Å². The highest BCUT2D eigenvalue weighted by molar-refractivity contribution is 5.36. The summed E-state index contributed by atoms with van der Waals surface area (Å²) in [7, 11) is 0. The molecular weight excluding hydrogens is 316 g/mol. The fourth-order valence-electron chi connectivity index (χ4n) is 4.26. The van der Waals surface area contributed by atoms with Crippen molar-refractivity contribution < 1.29 is 9.84 Å². The van der Waals surface area contributed by atoms with Gasteiger partial charge in [0.15, 0.2) is 0 Å². The van der Waals surface area contributed by atoms with Crippen molar-refractivity contribution in [1.82, 2.24) is 14.9 Å². The molecule has 25 heavy (non-hydrogen) atoms. The van der Waals surface area contributed by atoms with Crippen LogP contribution in [0.1, 0.15) is 36.6 Å². The van der Waals surface area contributed by atoms with Crippen molar-refractivity contribution in [3.63, 3.8) is 0 Å². The van der Waals surface area contributed by atoms with E-state index >= 15 is 0 Å². The molecule has 3 aliphatic rings. The molecule has 0 radical (unpaired) electrons. The Labute approximate surface area is 150 Å². The highest BCUT2D eigenvalue weighted by Gasteiger charge is 2.35. The van der Waals surface area contributed by atoms with Crippen molar-refractivity contribution >= 4 is 5.95 Å². The summed E-state index contributed by atoms with van der Waals surface area (Å²) >= 11 is 0. The number of anilines is 1. The van der Waals surface area contributed by atoms with Crippen molar-refractivity contribution in [2.75, 3.05) is 57.4 Å². The number of rotatable bonds is 5. The third kappa shape index (κ3) is 3.81. The summed E-state index contributed by atoms with van der Waals surface area (Å²) in [5, 5.41) is 9.86. The van der Waals surface area contributed by atoms with E-state index in [0.717, 1.165) is 57.6 Å². The first-order valence-corrected chi connectivity index (χ1v) is 9.74. The SMILES string of the molecule is Cc1cc(C2CCC2)nc(N2C[C@@H](CO)[C@@H](CN3CCOCC3)C2)n1. The van der Waals surface area contributed by atoms with Gasteiger partial charge in [-0.1, -0.05) is 6.42 Å². The molecule has 3 fully saturated rings. The second-order valence-corrected chi connectivity index (χ2v) is 7.88. The standard InChI is InChI=1S/C19H30N4O2/c1-14-9-18(15-3-2-4-15)21-19(20-14)23-11-16(17(12-23)13-24)10-22-5-7-25-8-6-22/h9,15-17,24H,2-8,10-13H2,1H3/t16-,17-/m0/s1. The second kappa shape index (κ2) is 7.56. The first kappa shape index (κ1) is 17.2. The molecule has 0 aromatic carbocycles. The maximum absolute atomic E-state index is 9.86. The molecule has 1 saturated carbocycles. The number of hydrogen-bond donors (Lipinski definition) is 1. The smallest absolute Gasteiger partial charge is 0.225 e. The van der Waals surface area contributed by atoms with Gasteiger partial charge in [-0.05, 0) is 31.7 Å². The Kier molecular flexibility index (Phi) is 5.20. The molecule has 0 unspecified atom stereocenters. The van der Waals surface area contributed by atoms with Gasteiger partial charge in [0.05, 0.1) is 13.2 Å². The minimum absolute atomic E-state index is 0.243. The summed E-state index contributed by atoms with van der Waals surface area (Å²) in [5.74, 6) is 2.27. The van der Waals surface area contributed by atoms with Crippen molar-refractivity contribution in [3.8, 4) is 0 Å². The van der Waals surface area contributed by atoms with E-state index in [1.807, 2.05) is 0 Å². The van der Waals surface area contributed by atoms with Gasteiger partial charge in [0.2, 0.25) is 5.95 Å². The Hall–Kier alpha value is -1.24. The molecule has 0 amide bonds. The molecule has 6 nitrogen and oxygen atoms in total. The number of aryl methyl sites for hydroxylation is 1. The topological polar surface area (TPSA) is 61.7 Å². The predicted molar refractivity (Wildman–Crippen MR) is 96.9 cm³/mol. The molecule has 2 saturated heterocycles. The van der Waals surface area contributed by atoms with Crippen LogP contribution in [0.5, 0.6) is 0 Å². The van der Waals surface area contributed by atoms with Crippen LogP contribution in [0.3, 0.4) is 0 Å². The lowest BCUT2D eigenvalue weighted by atomic mass is 9.83. The van der Waals surface area contributed by atoms with E-state index in [-0.39, 0.29) is 6.61 Å². The summed E-state index contributed by atoms with van der Waals surface area (Å²) in [5.41, 5.74) is 2.27. The largest absolute Gasteiger partial charge is 0.396 e. The Balaban J connectivity index is 1.46. The average molecular weight is 346 g/mol. The van der Waals surface area contributed by atoms with Gasteiger partial charge in [-0.25, -0.2) is 9.97 Å². The van der Waals surface area contributed by atoms with E-state index in [4.69, 9.17) is 14.7 Å². The number of aromatic nitrogens is 2. The van der Waals surface area contributed by atoms with Crippen LogP contribution >= 0.6 is 0 Å². The monoisotopic (exact) mass is 346 g/mol. The zero-order valence-corrected chi connectivity index (χ0v) is 15.2. The molecule has 1 aliphatic carbocycles. The Morgan fingerprint density at radius 2 is 1.92 bits per heavy atom. The molecule has 2 atom stereocenters. The number of ether oxygens (including phenoxy) is 1. The van der Waals surface area contributed by atoms with Crippen molar-refractivity contribution in [3.05, 3.63) is 17.5 Å². The normalized spacial score (nSPS) is 28.3. The lowest BCUT2D eigenvalue weighted by Gasteiger charge is -2.30. The molecule has 138 valence electrons. The van der Waals surface area contributed by atoms with Gasteiger partial charge in [-0.2, -0.15) is 0 Å². The zero-order valence-electron chi connectivity index (χ0n) is 15.2. The lowest BCUT2D eigenvalue weighted by Crippen LogP contribution is -2.41. The maximum Gasteiger partial charge on any atom is 0.225 e. The third-order valence-corrected chi connectivity index (χ3v) is 6.08. The van der Waals surface area contributed by atoms with Crippen LogP contribution in [0, 0.1) is 18.8 Å². The quantitative estimate of drug-likeness (QED) is 0.870. The summed E-state index contributed by atoms with van der Waals surface area (Å²) in [6, 6.07) is 2.15. The van der Waals surface area contributed by atoms with Gasteiger partial charge in [-0.15, -0.1) is 0 Å². The number of nitrogens with zero attached hydrogens (tertiary/aromatic N) is 4. The molecule has 1 N–H and O–H groups in total. The Bertz CT molecular complexity index is 587. The molecule has 0 spiro atoms. The molecule has 3 heterocycles. The minimum Gasteiger partial charge on any atom is -0.396 e. The van der Waals surface area contributed by atoms with Crippen LogP contribution in [0.4, 0.5) is 5.95 Å².